The molecule has 0 N–H and O–H groups in total. The van der Waals surface area contributed by atoms with Crippen LogP contribution >= 0.6 is 0 Å². The molecule has 0 amide bonds. The Hall–Kier alpha value is -4.53. The fourth-order valence-corrected chi connectivity index (χ4v) is 11.9. The molecule has 0 spiro atoms. The first-order valence-corrected chi connectivity index (χ1v) is 16.1. The standard InChI is InChI=1S/C41H25N2/c1-42-7-3-4-18(14-42)41-32-24-13-22-11-20-9-17-6-5-16-8-19-10-21-12-23(25(32)15-43(41)2)33-34(24)38-31(22)29(20)36-27(17)26(16)35-28(19)30(21)37(33)40(38)39(35)36/h3-9,12-14,25,32,41H,10-11,15H2,1-2H3/q+1. The summed E-state index contributed by atoms with van der Waals surface area (Å²) < 4.78 is 2.24. The highest BCUT2D eigenvalue weighted by Crippen LogP contribution is 2.66. The van der Waals surface area contributed by atoms with E-state index < -0.39 is 0 Å². The second-order valence-corrected chi connectivity index (χ2v) is 14.8. The summed E-state index contributed by atoms with van der Waals surface area (Å²) in [5, 5.41) is 25.2. The molecule has 2 nitrogen and oxygen atoms in total. The minimum absolute atomic E-state index is 0.379. The first-order chi connectivity index (χ1) is 21.2. The molecule has 0 radical (unpaired) electrons. The van der Waals surface area contributed by atoms with Gasteiger partial charge >= 0.3 is 0 Å². The van der Waals surface area contributed by atoms with Crippen molar-refractivity contribution in [3.8, 4) is 0 Å². The van der Waals surface area contributed by atoms with Gasteiger partial charge in [-0.3, -0.25) is 4.90 Å². The van der Waals surface area contributed by atoms with Crippen LogP contribution in [0, 0.1) is 0 Å². The second kappa shape index (κ2) is 5.83. The molecule has 3 aliphatic carbocycles. The molecule has 1 aliphatic heterocycles. The van der Waals surface area contributed by atoms with E-state index in [1.165, 1.54) is 16.3 Å². The van der Waals surface area contributed by atoms with Gasteiger partial charge in [-0.15, -0.1) is 0 Å². The third kappa shape index (κ3) is 1.79. The van der Waals surface area contributed by atoms with Crippen molar-refractivity contribution in [2.24, 2.45) is 7.05 Å². The van der Waals surface area contributed by atoms with Crippen LogP contribution in [0.15, 0.2) is 60.9 Å². The lowest BCUT2D eigenvalue weighted by molar-refractivity contribution is -0.672. The average molecular weight is 546 g/mol. The number of aryl methyl sites for hydroxylation is 1. The van der Waals surface area contributed by atoms with Gasteiger partial charge in [0, 0.05) is 36.1 Å². The van der Waals surface area contributed by atoms with E-state index in [2.05, 4.69) is 84.5 Å². The van der Waals surface area contributed by atoms with Crippen molar-refractivity contribution in [2.75, 3.05) is 13.6 Å². The number of pyridine rings is 1. The predicted molar refractivity (Wildman–Crippen MR) is 177 cm³/mol. The van der Waals surface area contributed by atoms with Crippen LogP contribution in [0.3, 0.4) is 0 Å². The first-order valence-electron chi connectivity index (χ1n) is 16.1. The zero-order valence-electron chi connectivity index (χ0n) is 24.0. The molecule has 1 fully saturated rings. The van der Waals surface area contributed by atoms with Crippen molar-refractivity contribution in [1.82, 2.24) is 4.90 Å². The van der Waals surface area contributed by atoms with E-state index in [1.807, 2.05) is 0 Å². The van der Waals surface area contributed by atoms with Crippen LogP contribution < -0.4 is 4.57 Å². The van der Waals surface area contributed by atoms with Gasteiger partial charge in [0.1, 0.15) is 7.05 Å². The van der Waals surface area contributed by atoms with Crippen LogP contribution in [-0.4, -0.2) is 18.5 Å². The third-order valence-corrected chi connectivity index (χ3v) is 13.0. The van der Waals surface area contributed by atoms with Crippen molar-refractivity contribution < 1.29 is 4.57 Å². The number of aromatic nitrogens is 1. The summed E-state index contributed by atoms with van der Waals surface area (Å²) in [6.07, 6.45) is 6.69. The largest absolute Gasteiger partial charge is 0.298 e. The Morgan fingerprint density at radius 2 is 1.14 bits per heavy atom. The molecule has 10 aromatic rings. The van der Waals surface area contributed by atoms with Gasteiger partial charge < -0.3 is 0 Å². The van der Waals surface area contributed by atoms with E-state index >= 15 is 0 Å². The Labute approximate surface area is 246 Å². The number of nitrogens with zero attached hydrogens (tertiary/aromatic N) is 2. The van der Waals surface area contributed by atoms with E-state index in [0.717, 1.165) is 19.4 Å². The molecule has 4 aliphatic rings. The lowest BCUT2D eigenvalue weighted by Crippen LogP contribution is -2.30. The molecule has 43 heavy (non-hydrogen) atoms. The van der Waals surface area contributed by atoms with E-state index in [0.29, 0.717) is 17.9 Å². The Balaban J connectivity index is 1.30. The Bertz CT molecular complexity index is 2930. The molecule has 3 unspecified atom stereocenters. The van der Waals surface area contributed by atoms with Gasteiger partial charge in [-0.25, -0.2) is 4.57 Å². The highest BCUT2D eigenvalue weighted by molar-refractivity contribution is 6.58. The smallest absolute Gasteiger partial charge is 0.173 e. The number of hydrogen-bond donors (Lipinski definition) is 0. The lowest BCUT2D eigenvalue weighted by Gasteiger charge is -2.31. The molecular formula is C41H25N2+. The fourth-order valence-electron chi connectivity index (χ4n) is 11.9. The number of benzene rings is 7. The maximum atomic E-state index is 2.71. The van der Waals surface area contributed by atoms with Crippen molar-refractivity contribution in [3.63, 3.8) is 0 Å². The van der Waals surface area contributed by atoms with Gasteiger partial charge in [-0.2, -0.15) is 0 Å². The number of fused-ring (bicyclic) bond motifs is 3. The summed E-state index contributed by atoms with van der Waals surface area (Å²) in [5.41, 5.74) is 11.0. The number of rotatable bonds is 1. The normalized spacial score (nSPS) is 22.5. The highest BCUT2D eigenvalue weighted by Gasteiger charge is 2.49. The lowest BCUT2D eigenvalue weighted by atomic mass is 9.71. The van der Waals surface area contributed by atoms with Crippen molar-refractivity contribution >= 4 is 86.2 Å². The molecule has 14 rings (SSSR count). The van der Waals surface area contributed by atoms with Gasteiger partial charge in [0.2, 0.25) is 0 Å². The van der Waals surface area contributed by atoms with Crippen molar-refractivity contribution in [2.45, 2.75) is 30.7 Å². The Morgan fingerprint density at radius 1 is 0.605 bits per heavy atom. The molecule has 0 saturated carbocycles. The van der Waals surface area contributed by atoms with Crippen molar-refractivity contribution in [1.29, 1.82) is 0 Å². The van der Waals surface area contributed by atoms with Crippen LogP contribution in [0.5, 0.6) is 0 Å². The van der Waals surface area contributed by atoms with Crippen LogP contribution in [-0.2, 0) is 19.9 Å². The summed E-state index contributed by atoms with van der Waals surface area (Å²) in [4.78, 5) is 2.67. The molecule has 9 aromatic carbocycles. The maximum absolute atomic E-state index is 2.71. The molecule has 2 heteroatoms. The maximum Gasteiger partial charge on any atom is 0.173 e. The minimum atomic E-state index is 0.379. The summed E-state index contributed by atoms with van der Waals surface area (Å²) in [5.74, 6) is 0.979. The zero-order valence-corrected chi connectivity index (χ0v) is 24.0. The van der Waals surface area contributed by atoms with Crippen molar-refractivity contribution in [3.05, 3.63) is 99.9 Å². The number of likely N-dealkylation sites (N-methyl/N-ethyl adjacent to an activating group) is 1. The summed E-state index contributed by atoms with van der Waals surface area (Å²) in [7, 11) is 4.55. The minimum Gasteiger partial charge on any atom is -0.298 e. The van der Waals surface area contributed by atoms with Gasteiger partial charge in [0.05, 0.1) is 0 Å². The fraction of sp³-hybridized carbons (Fsp3) is 0.195. The van der Waals surface area contributed by atoms with Gasteiger partial charge in [0.25, 0.3) is 0 Å². The number of likely N-dealkylation sites (tertiary alicyclic amines) is 1. The monoisotopic (exact) mass is 545 g/mol. The predicted octanol–water partition coefficient (Wildman–Crippen LogP) is 8.60. The highest BCUT2D eigenvalue weighted by atomic mass is 15.2. The first kappa shape index (κ1) is 20.4. The summed E-state index contributed by atoms with van der Waals surface area (Å²) in [6.45, 7) is 1.12. The molecule has 1 saturated heterocycles. The molecule has 3 atom stereocenters. The summed E-state index contributed by atoms with van der Waals surface area (Å²) >= 11 is 0. The van der Waals surface area contributed by atoms with Gasteiger partial charge in [-0.05, 0) is 146 Å². The second-order valence-electron chi connectivity index (χ2n) is 14.8. The van der Waals surface area contributed by atoms with E-state index in [1.54, 1.807) is 109 Å². The molecular weight excluding hydrogens is 520 g/mol. The molecule has 198 valence electrons. The van der Waals surface area contributed by atoms with Gasteiger partial charge in [0.15, 0.2) is 12.4 Å². The molecule has 0 bridgehead atoms. The van der Waals surface area contributed by atoms with Crippen LogP contribution in [0.2, 0.25) is 0 Å². The zero-order chi connectivity index (χ0) is 27.4. The number of hydrogen-bond acceptors (Lipinski definition) is 1. The SMILES string of the molecule is CN1CC2c3cc4c5c6c(cc7ccc8cc9c%10c%11c(cc(c%12c3c5c(c%12%11)c3c6c7c8c%103)C2C1c1ccc[n+](C)c1)C9)C4. The van der Waals surface area contributed by atoms with Gasteiger partial charge in [-0.1, -0.05) is 36.4 Å². The molecule has 1 aromatic heterocycles. The van der Waals surface area contributed by atoms with E-state index in [4.69, 9.17) is 0 Å². The summed E-state index contributed by atoms with van der Waals surface area (Å²) in [6, 6.07) is 20.4. The van der Waals surface area contributed by atoms with Crippen LogP contribution in [0.4, 0.5) is 0 Å². The quantitative estimate of drug-likeness (QED) is 0.148. The Morgan fingerprint density at radius 3 is 1.77 bits per heavy atom. The van der Waals surface area contributed by atoms with Crippen LogP contribution in [0.25, 0.3) is 86.2 Å². The van der Waals surface area contributed by atoms with E-state index in [-0.39, 0.29) is 0 Å². The van der Waals surface area contributed by atoms with Crippen LogP contribution in [0.1, 0.15) is 56.8 Å². The van der Waals surface area contributed by atoms with E-state index in [9.17, 15) is 0 Å². The topological polar surface area (TPSA) is 7.12 Å². The Kier molecular flexibility index (Phi) is 2.76. The molecule has 2 heterocycles. The third-order valence-electron chi connectivity index (χ3n) is 13.0. The average Bonchev–Trinajstić information content (AvgIpc) is 3.79.